The van der Waals surface area contributed by atoms with E-state index in [-0.39, 0.29) is 6.04 Å². The molecule has 5 nitrogen and oxygen atoms in total. The molecule has 0 aliphatic carbocycles. The Labute approximate surface area is 122 Å². The van der Waals surface area contributed by atoms with Crippen LogP contribution in [0.2, 0.25) is 0 Å². The van der Waals surface area contributed by atoms with E-state index in [2.05, 4.69) is 22.1 Å². The third kappa shape index (κ3) is 6.10. The predicted octanol–water partition coefficient (Wildman–Crippen LogP) is 2.37. The van der Waals surface area contributed by atoms with Crippen LogP contribution in [0.5, 0.6) is 0 Å². The quantitative estimate of drug-likeness (QED) is 0.414. The van der Waals surface area contributed by atoms with Crippen LogP contribution >= 0.6 is 0 Å². The standard InChI is InChI=1S/C15H28N4O/c1-4-5-6-7-10-17-15(16)18-12-13(19(2)3)14-9-8-11-20-14/h8-9,11,13H,4-7,10,12H2,1-3H3,(H3,16,17,18). The maximum absolute atomic E-state index is 5.88. The van der Waals surface area contributed by atoms with Crippen molar-refractivity contribution in [1.29, 1.82) is 0 Å². The topological polar surface area (TPSA) is 66.8 Å². The van der Waals surface area contributed by atoms with E-state index in [0.29, 0.717) is 12.5 Å². The second kappa shape index (κ2) is 9.42. The summed E-state index contributed by atoms with van der Waals surface area (Å²) in [7, 11) is 4.02. The number of likely N-dealkylation sites (N-methyl/N-ethyl adjacent to an activating group) is 1. The summed E-state index contributed by atoms with van der Waals surface area (Å²) in [6.07, 6.45) is 6.59. The molecule has 0 aliphatic rings. The molecule has 0 spiro atoms. The van der Waals surface area contributed by atoms with Gasteiger partial charge in [-0.1, -0.05) is 26.2 Å². The number of aliphatic imine (C=N–C) groups is 1. The molecule has 0 aliphatic heterocycles. The lowest BCUT2D eigenvalue weighted by Gasteiger charge is -2.20. The van der Waals surface area contributed by atoms with Gasteiger partial charge in [-0.2, -0.15) is 0 Å². The summed E-state index contributed by atoms with van der Waals surface area (Å²) >= 11 is 0. The third-order valence-electron chi connectivity index (χ3n) is 3.27. The number of nitrogens with two attached hydrogens (primary N) is 1. The summed E-state index contributed by atoms with van der Waals surface area (Å²) in [5.41, 5.74) is 5.88. The second-order valence-corrected chi connectivity index (χ2v) is 5.21. The van der Waals surface area contributed by atoms with Crippen LogP contribution in [0.15, 0.2) is 27.8 Å². The largest absolute Gasteiger partial charge is 0.468 e. The molecule has 1 heterocycles. The normalized spacial score (nSPS) is 13.7. The van der Waals surface area contributed by atoms with Gasteiger partial charge in [0.1, 0.15) is 5.76 Å². The Hall–Kier alpha value is -1.49. The Balaban J connectivity index is 2.35. The number of hydrogen-bond donors (Lipinski definition) is 2. The summed E-state index contributed by atoms with van der Waals surface area (Å²) in [4.78, 5) is 6.48. The molecule has 0 saturated carbocycles. The number of nitrogens with zero attached hydrogens (tertiary/aromatic N) is 2. The Morgan fingerprint density at radius 1 is 1.40 bits per heavy atom. The first-order valence-corrected chi connectivity index (χ1v) is 7.38. The van der Waals surface area contributed by atoms with Crippen LogP contribution in [-0.4, -0.2) is 38.0 Å². The zero-order valence-electron chi connectivity index (χ0n) is 12.9. The zero-order valence-corrected chi connectivity index (χ0v) is 12.9. The van der Waals surface area contributed by atoms with Gasteiger partial charge >= 0.3 is 0 Å². The molecule has 1 unspecified atom stereocenters. The van der Waals surface area contributed by atoms with Gasteiger partial charge in [0.25, 0.3) is 0 Å². The highest BCUT2D eigenvalue weighted by molar-refractivity contribution is 5.77. The summed E-state index contributed by atoms with van der Waals surface area (Å²) in [5.74, 6) is 1.43. The van der Waals surface area contributed by atoms with Crippen molar-refractivity contribution in [2.75, 3.05) is 27.2 Å². The highest BCUT2D eigenvalue weighted by Crippen LogP contribution is 2.18. The van der Waals surface area contributed by atoms with E-state index >= 15 is 0 Å². The Morgan fingerprint density at radius 3 is 2.80 bits per heavy atom. The van der Waals surface area contributed by atoms with E-state index in [0.717, 1.165) is 18.7 Å². The van der Waals surface area contributed by atoms with Crippen LogP contribution in [0.4, 0.5) is 0 Å². The van der Waals surface area contributed by atoms with Crippen LogP contribution in [0, 0.1) is 0 Å². The predicted molar refractivity (Wildman–Crippen MR) is 83.8 cm³/mol. The number of hydrogen-bond acceptors (Lipinski definition) is 3. The maximum Gasteiger partial charge on any atom is 0.188 e. The molecule has 3 N–H and O–H groups in total. The van der Waals surface area contributed by atoms with Gasteiger partial charge in [-0.25, -0.2) is 0 Å². The fourth-order valence-electron chi connectivity index (χ4n) is 2.00. The van der Waals surface area contributed by atoms with Gasteiger partial charge < -0.3 is 15.5 Å². The van der Waals surface area contributed by atoms with Crippen LogP contribution < -0.4 is 11.1 Å². The van der Waals surface area contributed by atoms with E-state index in [1.165, 1.54) is 19.3 Å². The average molecular weight is 280 g/mol. The van der Waals surface area contributed by atoms with E-state index in [4.69, 9.17) is 10.2 Å². The monoisotopic (exact) mass is 280 g/mol. The van der Waals surface area contributed by atoms with Crippen LogP contribution in [-0.2, 0) is 0 Å². The second-order valence-electron chi connectivity index (χ2n) is 5.21. The molecule has 0 radical (unpaired) electrons. The number of furan rings is 1. The summed E-state index contributed by atoms with van der Waals surface area (Å²) < 4.78 is 5.44. The molecule has 1 atom stereocenters. The number of nitrogens with one attached hydrogen (secondary N) is 1. The van der Waals surface area contributed by atoms with Gasteiger partial charge in [0.15, 0.2) is 5.96 Å². The first-order chi connectivity index (χ1) is 9.65. The van der Waals surface area contributed by atoms with Gasteiger partial charge in [0, 0.05) is 6.54 Å². The van der Waals surface area contributed by atoms with Crippen molar-refractivity contribution in [2.24, 2.45) is 10.7 Å². The van der Waals surface area contributed by atoms with E-state index in [1.807, 2.05) is 26.2 Å². The fourth-order valence-corrected chi connectivity index (χ4v) is 2.00. The number of unbranched alkanes of at least 4 members (excludes halogenated alkanes) is 3. The van der Waals surface area contributed by atoms with Gasteiger partial charge in [0.05, 0.1) is 18.8 Å². The first-order valence-electron chi connectivity index (χ1n) is 7.38. The van der Waals surface area contributed by atoms with Crippen molar-refractivity contribution in [3.05, 3.63) is 24.2 Å². The molecule has 0 aromatic carbocycles. The number of guanidine groups is 1. The molecule has 1 rings (SSSR count). The molecular formula is C15H28N4O. The lowest BCUT2D eigenvalue weighted by Crippen LogP contribution is -2.33. The molecule has 0 saturated heterocycles. The van der Waals surface area contributed by atoms with Crippen molar-refractivity contribution in [2.45, 2.75) is 38.6 Å². The van der Waals surface area contributed by atoms with Crippen LogP contribution in [0.3, 0.4) is 0 Å². The van der Waals surface area contributed by atoms with Crippen molar-refractivity contribution in [3.63, 3.8) is 0 Å². The third-order valence-corrected chi connectivity index (χ3v) is 3.27. The molecule has 5 heteroatoms. The van der Waals surface area contributed by atoms with E-state index < -0.39 is 0 Å². The molecule has 114 valence electrons. The van der Waals surface area contributed by atoms with Crippen molar-refractivity contribution < 1.29 is 4.42 Å². The molecule has 1 aromatic heterocycles. The smallest absolute Gasteiger partial charge is 0.188 e. The molecule has 0 bridgehead atoms. The van der Waals surface area contributed by atoms with Gasteiger partial charge in [-0.3, -0.25) is 9.89 Å². The SMILES string of the molecule is CCCCCCNC(N)=NCC(c1ccco1)N(C)C. The number of rotatable bonds is 9. The van der Waals surface area contributed by atoms with E-state index in [1.54, 1.807) is 6.26 Å². The molecule has 0 amide bonds. The van der Waals surface area contributed by atoms with Gasteiger partial charge in [0.2, 0.25) is 0 Å². The molecule has 1 aromatic rings. The minimum atomic E-state index is 0.116. The van der Waals surface area contributed by atoms with Crippen molar-refractivity contribution >= 4 is 5.96 Å². The summed E-state index contributed by atoms with van der Waals surface area (Å²) in [6, 6.07) is 3.98. The van der Waals surface area contributed by atoms with Crippen LogP contribution in [0.25, 0.3) is 0 Å². The molecule has 0 fully saturated rings. The van der Waals surface area contributed by atoms with Crippen LogP contribution in [0.1, 0.15) is 44.4 Å². The zero-order chi connectivity index (χ0) is 14.8. The van der Waals surface area contributed by atoms with Gasteiger partial charge in [-0.05, 0) is 32.6 Å². The van der Waals surface area contributed by atoms with Crippen molar-refractivity contribution in [3.8, 4) is 0 Å². The Kier molecular flexibility index (Phi) is 7.80. The average Bonchev–Trinajstić information content (AvgIpc) is 2.92. The molecule has 20 heavy (non-hydrogen) atoms. The Morgan fingerprint density at radius 2 is 2.20 bits per heavy atom. The maximum atomic E-state index is 5.88. The lowest BCUT2D eigenvalue weighted by atomic mass is 10.2. The summed E-state index contributed by atoms with van der Waals surface area (Å²) in [5, 5.41) is 3.16. The highest BCUT2D eigenvalue weighted by Gasteiger charge is 2.16. The fraction of sp³-hybridized carbons (Fsp3) is 0.667. The van der Waals surface area contributed by atoms with Crippen molar-refractivity contribution in [1.82, 2.24) is 10.2 Å². The van der Waals surface area contributed by atoms with E-state index in [9.17, 15) is 0 Å². The lowest BCUT2D eigenvalue weighted by molar-refractivity contribution is 0.265. The summed E-state index contributed by atoms with van der Waals surface area (Å²) in [6.45, 7) is 3.69. The van der Waals surface area contributed by atoms with Gasteiger partial charge in [-0.15, -0.1) is 0 Å². The minimum absolute atomic E-state index is 0.116. The Bertz CT molecular complexity index is 373. The minimum Gasteiger partial charge on any atom is -0.468 e. The highest BCUT2D eigenvalue weighted by atomic mass is 16.3. The molecular weight excluding hydrogens is 252 g/mol. The first kappa shape index (κ1) is 16.6.